The fourth-order valence-electron chi connectivity index (χ4n) is 5.10. The number of likely N-dealkylation sites (tertiary alicyclic amines) is 1. The molecule has 1 amide bonds. The number of nitrogens with zero attached hydrogens (tertiary/aromatic N) is 2. The highest BCUT2D eigenvalue weighted by Crippen LogP contribution is 2.33. The van der Waals surface area contributed by atoms with Crippen molar-refractivity contribution >= 4 is 34.2 Å². The molecular formula is C28H30ClF3N2O3. The number of methoxy groups -OCH3 is 1. The van der Waals surface area contributed by atoms with E-state index in [0.717, 1.165) is 34.9 Å². The summed E-state index contributed by atoms with van der Waals surface area (Å²) < 4.78 is 45.1. The summed E-state index contributed by atoms with van der Waals surface area (Å²) in [4.78, 5) is 26.7. The normalized spacial score (nSPS) is 14.9. The molecule has 0 atom stereocenters. The van der Waals surface area contributed by atoms with Crippen LogP contribution < -0.4 is 0 Å². The second-order valence-corrected chi connectivity index (χ2v) is 9.95. The smallest absolute Gasteiger partial charge is 0.383 e. The molecule has 0 saturated carbocycles. The van der Waals surface area contributed by atoms with Gasteiger partial charge in [-0.15, -0.1) is 0 Å². The van der Waals surface area contributed by atoms with Gasteiger partial charge in [0.15, 0.2) is 0 Å². The van der Waals surface area contributed by atoms with Crippen LogP contribution in [0.1, 0.15) is 52.2 Å². The van der Waals surface area contributed by atoms with Gasteiger partial charge in [0, 0.05) is 49.8 Å². The van der Waals surface area contributed by atoms with E-state index < -0.39 is 18.4 Å². The predicted octanol–water partition coefficient (Wildman–Crippen LogP) is 6.33. The molecule has 1 aliphatic rings. The summed E-state index contributed by atoms with van der Waals surface area (Å²) in [6, 6.07) is 11.3. The Bertz CT molecular complexity index is 1290. The first-order valence-electron chi connectivity index (χ1n) is 12.3. The number of hydrogen-bond donors (Lipinski definition) is 0. The van der Waals surface area contributed by atoms with Crippen molar-refractivity contribution in [3.05, 3.63) is 69.9 Å². The molecule has 0 unspecified atom stereocenters. The van der Waals surface area contributed by atoms with Crippen molar-refractivity contribution in [2.75, 3.05) is 26.8 Å². The number of ether oxygens (including phenoxy) is 1. The van der Waals surface area contributed by atoms with Crippen LogP contribution in [-0.4, -0.2) is 54.1 Å². The van der Waals surface area contributed by atoms with Gasteiger partial charge in [-0.25, -0.2) is 0 Å². The molecule has 4 rings (SSSR count). The van der Waals surface area contributed by atoms with E-state index in [4.69, 9.17) is 16.3 Å². The number of halogens is 4. The minimum Gasteiger partial charge on any atom is -0.383 e. The average Bonchev–Trinajstić information content (AvgIpc) is 3.25. The molecule has 0 bridgehead atoms. The van der Waals surface area contributed by atoms with Gasteiger partial charge in [-0.1, -0.05) is 41.9 Å². The Hall–Kier alpha value is -2.84. The van der Waals surface area contributed by atoms with Crippen molar-refractivity contribution in [1.29, 1.82) is 0 Å². The van der Waals surface area contributed by atoms with Crippen LogP contribution in [0.4, 0.5) is 13.2 Å². The van der Waals surface area contributed by atoms with Crippen LogP contribution in [0, 0.1) is 6.92 Å². The number of hydrogen-bond acceptors (Lipinski definition) is 3. The molecular weight excluding hydrogens is 505 g/mol. The number of carbonyl (C=O) groups is 2. The third kappa shape index (κ3) is 6.02. The van der Waals surface area contributed by atoms with Gasteiger partial charge in [0.2, 0.25) is 5.78 Å². The molecule has 0 aliphatic carbocycles. The molecule has 198 valence electrons. The first kappa shape index (κ1) is 27.2. The topological polar surface area (TPSA) is 51.5 Å². The van der Waals surface area contributed by atoms with E-state index in [2.05, 4.69) is 4.57 Å². The van der Waals surface area contributed by atoms with Crippen LogP contribution in [0.5, 0.6) is 0 Å². The summed E-state index contributed by atoms with van der Waals surface area (Å²) in [5.74, 6) is -1.60. The molecule has 1 saturated heterocycles. The summed E-state index contributed by atoms with van der Waals surface area (Å²) in [6.07, 6.45) is -2.14. The van der Waals surface area contributed by atoms with Gasteiger partial charge >= 0.3 is 6.18 Å². The summed E-state index contributed by atoms with van der Waals surface area (Å²) in [7, 11) is 1.65. The number of carbonyl (C=O) groups excluding carboxylic acids is 2. The second-order valence-electron chi connectivity index (χ2n) is 9.54. The number of rotatable bonds is 8. The molecule has 0 spiro atoms. The Morgan fingerprint density at radius 2 is 1.86 bits per heavy atom. The fourth-order valence-corrected chi connectivity index (χ4v) is 5.31. The minimum atomic E-state index is -4.84. The predicted molar refractivity (Wildman–Crippen MR) is 137 cm³/mol. The maximum atomic E-state index is 13.5. The van der Waals surface area contributed by atoms with Gasteiger partial charge in [-0.05, 0) is 54.9 Å². The number of ketones is 1. The van der Waals surface area contributed by atoms with Crippen molar-refractivity contribution in [3.63, 3.8) is 0 Å². The van der Waals surface area contributed by atoms with E-state index in [0.29, 0.717) is 42.4 Å². The highest BCUT2D eigenvalue weighted by atomic mass is 35.5. The van der Waals surface area contributed by atoms with Crippen LogP contribution >= 0.6 is 11.6 Å². The lowest BCUT2D eigenvalue weighted by atomic mass is 9.88. The molecule has 1 aromatic heterocycles. The molecule has 2 aromatic carbocycles. The van der Waals surface area contributed by atoms with Gasteiger partial charge in [0.25, 0.3) is 5.91 Å². The second kappa shape index (κ2) is 11.3. The molecule has 1 fully saturated rings. The van der Waals surface area contributed by atoms with E-state index in [1.165, 1.54) is 0 Å². The summed E-state index contributed by atoms with van der Waals surface area (Å²) in [5.41, 5.74) is 4.32. The lowest BCUT2D eigenvalue weighted by Crippen LogP contribution is -2.37. The Morgan fingerprint density at radius 1 is 1.14 bits per heavy atom. The summed E-state index contributed by atoms with van der Waals surface area (Å²) in [5, 5.41) is 1.28. The van der Waals surface area contributed by atoms with Gasteiger partial charge in [0.05, 0.1) is 17.7 Å². The van der Waals surface area contributed by atoms with Crippen LogP contribution in [0.15, 0.2) is 42.6 Å². The number of fused-ring (bicyclic) bond motifs is 1. The van der Waals surface area contributed by atoms with Crippen LogP contribution in [0.25, 0.3) is 10.9 Å². The van der Waals surface area contributed by atoms with Gasteiger partial charge in [0.1, 0.15) is 0 Å². The standard InChI is InChI=1S/C28H30ClF3N2O3/c1-18-4-3-5-22-23(17-34(26(18)22)14-15-37-2)27(36)33-12-10-19(11-13-33)20-6-8-24(29)21(16-20)7-9-25(35)28(30,31)32/h3-6,8,16-17,19H,7,9-15H2,1-2H3. The van der Waals surface area contributed by atoms with Crippen molar-refractivity contribution in [2.24, 2.45) is 0 Å². The molecule has 9 heteroatoms. The number of amides is 1. The molecule has 0 radical (unpaired) electrons. The molecule has 2 heterocycles. The van der Waals surface area contributed by atoms with E-state index in [1.807, 2.05) is 42.3 Å². The number of piperidine rings is 1. The van der Waals surface area contributed by atoms with Crippen LogP contribution in [-0.2, 0) is 22.5 Å². The zero-order valence-electron chi connectivity index (χ0n) is 20.9. The Balaban J connectivity index is 1.45. The van der Waals surface area contributed by atoms with E-state index >= 15 is 0 Å². The number of benzene rings is 2. The van der Waals surface area contributed by atoms with Gasteiger partial charge in [-0.2, -0.15) is 13.2 Å². The molecule has 37 heavy (non-hydrogen) atoms. The zero-order chi connectivity index (χ0) is 26.7. The van der Waals surface area contributed by atoms with E-state index in [-0.39, 0.29) is 18.2 Å². The van der Waals surface area contributed by atoms with Crippen molar-refractivity contribution in [3.8, 4) is 0 Å². The number of alkyl halides is 3. The Labute approximate surface area is 219 Å². The quantitative estimate of drug-likeness (QED) is 0.339. The molecule has 0 N–H and O–H groups in total. The van der Waals surface area contributed by atoms with Gasteiger partial charge in [-0.3, -0.25) is 9.59 Å². The monoisotopic (exact) mass is 534 g/mol. The van der Waals surface area contributed by atoms with Crippen LogP contribution in [0.2, 0.25) is 5.02 Å². The Kier molecular flexibility index (Phi) is 8.29. The van der Waals surface area contributed by atoms with Gasteiger partial charge < -0.3 is 14.2 Å². The third-order valence-electron chi connectivity index (χ3n) is 7.13. The van der Waals surface area contributed by atoms with Crippen LogP contribution in [0.3, 0.4) is 0 Å². The summed E-state index contributed by atoms with van der Waals surface area (Å²) in [6.45, 7) is 4.38. The SMILES string of the molecule is COCCn1cc(C(=O)N2CCC(c3ccc(Cl)c(CCC(=O)C(F)(F)F)c3)CC2)c2cccc(C)c21. The maximum absolute atomic E-state index is 13.5. The maximum Gasteiger partial charge on any atom is 0.449 e. The fraction of sp³-hybridized carbons (Fsp3) is 0.429. The Morgan fingerprint density at radius 3 is 2.54 bits per heavy atom. The molecule has 1 aliphatic heterocycles. The number of para-hydroxylation sites is 1. The lowest BCUT2D eigenvalue weighted by molar-refractivity contribution is -0.171. The highest BCUT2D eigenvalue weighted by molar-refractivity contribution is 6.31. The van der Waals surface area contributed by atoms with E-state index in [1.54, 1.807) is 19.2 Å². The third-order valence-corrected chi connectivity index (χ3v) is 7.50. The number of Topliss-reactive ketones (excluding diaryl/α,β-unsaturated/α-hetero) is 1. The summed E-state index contributed by atoms with van der Waals surface area (Å²) >= 11 is 6.20. The van der Waals surface area contributed by atoms with Crippen molar-refractivity contribution < 1.29 is 27.5 Å². The number of aryl methyl sites for hydroxylation is 2. The lowest BCUT2D eigenvalue weighted by Gasteiger charge is -2.32. The first-order chi connectivity index (χ1) is 17.6. The number of aromatic nitrogens is 1. The van der Waals surface area contributed by atoms with E-state index in [9.17, 15) is 22.8 Å². The highest BCUT2D eigenvalue weighted by Gasteiger charge is 2.37. The molecule has 3 aromatic rings. The molecule has 5 nitrogen and oxygen atoms in total. The largest absolute Gasteiger partial charge is 0.449 e. The van der Waals surface area contributed by atoms with Crippen molar-refractivity contribution in [2.45, 2.75) is 51.2 Å². The van der Waals surface area contributed by atoms with Crippen molar-refractivity contribution in [1.82, 2.24) is 9.47 Å². The minimum absolute atomic E-state index is 0.00678. The average molecular weight is 535 g/mol. The first-order valence-corrected chi connectivity index (χ1v) is 12.7. The zero-order valence-corrected chi connectivity index (χ0v) is 21.7.